The maximum Gasteiger partial charge on any atom is 0.324 e. The first kappa shape index (κ1) is 22.3. The van der Waals surface area contributed by atoms with Crippen LogP contribution in [0.1, 0.15) is 12.8 Å². The molecule has 7 heteroatoms. The van der Waals surface area contributed by atoms with Crippen molar-refractivity contribution in [1.82, 2.24) is 0 Å². The van der Waals surface area contributed by atoms with Gasteiger partial charge in [0.25, 0.3) is 0 Å². The maximum atomic E-state index is 13.0. The van der Waals surface area contributed by atoms with Gasteiger partial charge in [-0.15, -0.1) is 13.2 Å². The molecule has 2 atom stereocenters. The molecule has 0 N–H and O–H groups in total. The summed E-state index contributed by atoms with van der Waals surface area (Å²) in [4.78, 5) is 12.4. The Morgan fingerprint density at radius 3 is 2.31 bits per heavy atom. The van der Waals surface area contributed by atoms with Crippen molar-refractivity contribution in [3.05, 3.63) is 55.6 Å². The number of rotatable bonds is 11. The molecule has 0 aromatic heterocycles. The third kappa shape index (κ3) is 6.23. The van der Waals surface area contributed by atoms with E-state index in [4.69, 9.17) is 9.16 Å². The molecule has 1 rings (SSSR count). The van der Waals surface area contributed by atoms with Crippen LogP contribution in [0, 0.1) is 0 Å². The van der Waals surface area contributed by atoms with Gasteiger partial charge >= 0.3 is 5.97 Å². The minimum Gasteiger partial charge on any atom is -0.468 e. The fourth-order valence-corrected chi connectivity index (χ4v) is 6.29. The summed E-state index contributed by atoms with van der Waals surface area (Å²) in [6, 6.07) is 8.66. The summed E-state index contributed by atoms with van der Waals surface area (Å²) in [5.74, 6) is -0.783. The minimum absolute atomic E-state index is 0.0174. The molecule has 0 aliphatic rings. The number of esters is 1. The van der Waals surface area contributed by atoms with Crippen molar-refractivity contribution in [1.29, 1.82) is 0 Å². The molecule has 1 unspecified atom stereocenters. The van der Waals surface area contributed by atoms with E-state index >= 15 is 0 Å². The number of ether oxygens (including phenoxy) is 1. The van der Waals surface area contributed by atoms with Crippen LogP contribution in [0.3, 0.4) is 0 Å². The van der Waals surface area contributed by atoms with Crippen LogP contribution in [0.25, 0.3) is 0 Å². The number of methoxy groups -OCH3 is 1. The molecule has 144 valence electrons. The molecule has 0 fully saturated rings. The van der Waals surface area contributed by atoms with Crippen molar-refractivity contribution < 1.29 is 22.4 Å². The summed E-state index contributed by atoms with van der Waals surface area (Å²) in [6.07, 6.45) is 3.51. The lowest BCUT2D eigenvalue weighted by Gasteiger charge is -2.30. The number of hydrogen-bond acceptors (Lipinski definition) is 5. The van der Waals surface area contributed by atoms with Crippen molar-refractivity contribution in [2.75, 3.05) is 7.11 Å². The minimum atomic E-state index is -3.89. The predicted molar refractivity (Wildman–Crippen MR) is 106 cm³/mol. The molecule has 0 aliphatic heterocycles. The molecule has 0 amide bonds. The van der Waals surface area contributed by atoms with Gasteiger partial charge in [-0.05, 0) is 37.7 Å². The molecule has 1 aromatic carbocycles. The van der Waals surface area contributed by atoms with Crippen LogP contribution in [0.15, 0.2) is 60.5 Å². The van der Waals surface area contributed by atoms with Crippen molar-refractivity contribution in [3.8, 4) is 0 Å². The monoisotopic (exact) mass is 396 g/mol. The Labute approximate surface area is 157 Å². The average Bonchev–Trinajstić information content (AvgIpc) is 2.59. The van der Waals surface area contributed by atoms with E-state index in [0.717, 1.165) is 6.04 Å². The van der Waals surface area contributed by atoms with Gasteiger partial charge in [-0.3, -0.25) is 4.79 Å². The highest BCUT2D eigenvalue weighted by Gasteiger charge is 2.38. The number of hydrogen-bond donors (Lipinski definition) is 0. The Hall–Kier alpha value is -1.70. The molecule has 26 heavy (non-hydrogen) atoms. The van der Waals surface area contributed by atoms with Crippen LogP contribution in [-0.4, -0.2) is 41.2 Å². The van der Waals surface area contributed by atoms with Crippen LogP contribution in [0.2, 0.25) is 19.1 Å². The number of benzene rings is 1. The zero-order valence-corrected chi connectivity index (χ0v) is 17.5. The van der Waals surface area contributed by atoms with E-state index in [1.54, 1.807) is 30.4 Å². The Kier molecular flexibility index (Phi) is 8.46. The van der Waals surface area contributed by atoms with E-state index in [9.17, 15) is 13.2 Å². The highest BCUT2D eigenvalue weighted by Crippen LogP contribution is 2.25. The van der Waals surface area contributed by atoms with Gasteiger partial charge in [0.1, 0.15) is 0 Å². The molecule has 5 nitrogen and oxygen atoms in total. The summed E-state index contributed by atoms with van der Waals surface area (Å²) in [7, 11) is -4.76. The first-order valence-electron chi connectivity index (χ1n) is 8.44. The Morgan fingerprint density at radius 2 is 1.81 bits per heavy atom. The van der Waals surface area contributed by atoms with Gasteiger partial charge in [0.05, 0.1) is 18.1 Å². The third-order valence-corrected chi connectivity index (χ3v) is 8.25. The van der Waals surface area contributed by atoms with Crippen molar-refractivity contribution in [3.63, 3.8) is 0 Å². The van der Waals surface area contributed by atoms with Gasteiger partial charge in [0.2, 0.25) is 0 Å². The number of sulfone groups is 1. The van der Waals surface area contributed by atoms with Gasteiger partial charge in [-0.2, -0.15) is 0 Å². The van der Waals surface area contributed by atoms with Crippen molar-refractivity contribution >= 4 is 24.1 Å². The molecule has 0 spiro atoms. The highest BCUT2D eigenvalue weighted by molar-refractivity contribution is 7.92. The smallest absolute Gasteiger partial charge is 0.324 e. The lowest BCUT2D eigenvalue weighted by atomic mass is 10.1. The molecule has 0 aliphatic carbocycles. The van der Waals surface area contributed by atoms with Gasteiger partial charge < -0.3 is 9.16 Å². The normalized spacial score (nSPS) is 14.3. The number of carbonyl (C=O) groups excluding carboxylic acids is 1. The Morgan fingerprint density at radius 1 is 1.19 bits per heavy atom. The number of allylic oxidation sites excluding steroid dienone is 1. The van der Waals surface area contributed by atoms with E-state index in [1.165, 1.54) is 19.2 Å². The molecule has 0 radical (unpaired) electrons. The third-order valence-electron chi connectivity index (χ3n) is 3.94. The zero-order chi connectivity index (χ0) is 19.8. The van der Waals surface area contributed by atoms with Crippen LogP contribution in [0.4, 0.5) is 0 Å². The van der Waals surface area contributed by atoms with Crippen LogP contribution in [-0.2, 0) is 23.8 Å². The van der Waals surface area contributed by atoms with Crippen LogP contribution >= 0.6 is 0 Å². The van der Waals surface area contributed by atoms with Gasteiger partial charge in [0, 0.05) is 6.42 Å². The summed E-state index contributed by atoms with van der Waals surface area (Å²) in [5.41, 5.74) is 0. The SMILES string of the molecule is C=CC[C@@H](CC(C(=O)OC)S(=O)(=O)c1ccccc1)O[Si](C)(C)CC=C. The van der Waals surface area contributed by atoms with E-state index < -0.39 is 35.5 Å². The lowest BCUT2D eigenvalue weighted by molar-refractivity contribution is -0.140. The van der Waals surface area contributed by atoms with E-state index in [0.29, 0.717) is 6.42 Å². The standard InChI is InChI=1S/C19H28O5SSi/c1-6-11-16(24-26(4,5)14-7-2)15-18(19(20)23-3)25(21,22)17-12-9-8-10-13-17/h6-10,12-13,16,18H,1-2,11,14-15H2,3-5H3/t16-,18?/m0/s1. The molecule has 1 aromatic rings. The topological polar surface area (TPSA) is 69.7 Å². The second-order valence-corrected chi connectivity index (χ2v) is 12.9. The van der Waals surface area contributed by atoms with Gasteiger partial charge in [0.15, 0.2) is 23.4 Å². The lowest BCUT2D eigenvalue weighted by Crippen LogP contribution is -2.40. The fraction of sp³-hybridized carbons (Fsp3) is 0.421. The van der Waals surface area contributed by atoms with Crippen LogP contribution in [0.5, 0.6) is 0 Å². The maximum absolute atomic E-state index is 13.0. The Bertz CT molecular complexity index is 713. The first-order valence-corrected chi connectivity index (χ1v) is 13.1. The molecule has 0 saturated heterocycles. The highest BCUT2D eigenvalue weighted by atomic mass is 32.2. The van der Waals surface area contributed by atoms with E-state index in [1.807, 2.05) is 13.1 Å². The zero-order valence-electron chi connectivity index (χ0n) is 15.7. The predicted octanol–water partition coefficient (Wildman–Crippen LogP) is 3.74. The van der Waals surface area contributed by atoms with Crippen LogP contribution < -0.4 is 0 Å². The van der Waals surface area contributed by atoms with Gasteiger partial charge in [-0.25, -0.2) is 8.42 Å². The summed E-state index contributed by atoms with van der Waals surface area (Å²) in [5, 5.41) is -1.33. The summed E-state index contributed by atoms with van der Waals surface area (Å²) in [6.45, 7) is 11.5. The Balaban J connectivity index is 3.17. The second kappa shape index (κ2) is 9.85. The van der Waals surface area contributed by atoms with E-state index in [2.05, 4.69) is 13.2 Å². The van der Waals surface area contributed by atoms with Crippen molar-refractivity contribution in [2.45, 2.75) is 48.2 Å². The molecule has 0 bridgehead atoms. The van der Waals surface area contributed by atoms with Crippen molar-refractivity contribution in [2.24, 2.45) is 0 Å². The second-order valence-electron chi connectivity index (χ2n) is 6.62. The molecule has 0 heterocycles. The largest absolute Gasteiger partial charge is 0.468 e. The fourth-order valence-electron chi connectivity index (χ4n) is 2.72. The quantitative estimate of drug-likeness (QED) is 0.324. The summed E-state index contributed by atoms with van der Waals surface area (Å²) >= 11 is 0. The average molecular weight is 397 g/mol. The van der Waals surface area contributed by atoms with Gasteiger partial charge in [-0.1, -0.05) is 30.4 Å². The first-order chi connectivity index (χ1) is 12.2. The summed E-state index contributed by atoms with van der Waals surface area (Å²) < 4.78 is 36.9. The molecule has 0 saturated carbocycles. The number of carbonyl (C=O) groups is 1. The molecular formula is C19H28O5SSi. The molecular weight excluding hydrogens is 368 g/mol. The van der Waals surface area contributed by atoms with E-state index in [-0.39, 0.29) is 11.3 Å².